The van der Waals surface area contributed by atoms with Crippen LogP contribution in [-0.2, 0) is 16.1 Å². The number of aliphatic hydroxyl groups excluding tert-OH is 1. The quantitative estimate of drug-likeness (QED) is 0.353. The van der Waals surface area contributed by atoms with Gasteiger partial charge in [0.25, 0.3) is 11.7 Å². The number of likely N-dealkylation sites (tertiary alicyclic amines) is 1. The number of carbonyl (C=O) groups excluding carboxylic acids is 2. The average molecular weight is 432 g/mol. The number of hydrogen-bond donors (Lipinski definition) is 1. The Bertz CT molecular complexity index is 1160. The highest BCUT2D eigenvalue weighted by molar-refractivity contribution is 6.46. The largest absolute Gasteiger partial charge is 0.507 e. The minimum Gasteiger partial charge on any atom is -0.507 e. The third-order valence-corrected chi connectivity index (χ3v) is 5.15. The second kappa shape index (κ2) is 8.70. The van der Waals surface area contributed by atoms with Gasteiger partial charge in [-0.2, -0.15) is 0 Å². The molecule has 4 rings (SSSR count). The summed E-state index contributed by atoms with van der Waals surface area (Å²) in [4.78, 5) is 31.5. The summed E-state index contributed by atoms with van der Waals surface area (Å²) in [5.41, 5.74) is 1.16. The highest BCUT2D eigenvalue weighted by Gasteiger charge is 2.47. The van der Waals surface area contributed by atoms with Gasteiger partial charge in [0, 0.05) is 24.5 Å². The van der Waals surface area contributed by atoms with Gasteiger partial charge >= 0.3 is 0 Å². The number of aliphatic hydroxyl groups is 1. The van der Waals surface area contributed by atoms with Crippen molar-refractivity contribution in [3.63, 3.8) is 0 Å². The molecule has 3 aromatic rings. The molecule has 1 N–H and O–H groups in total. The highest BCUT2D eigenvalue weighted by atomic mass is 16.5. The molecule has 1 aromatic carbocycles. The molecule has 0 unspecified atom stereocenters. The number of ether oxygens (including phenoxy) is 1. The first kappa shape index (κ1) is 21.4. The fraction of sp³-hybridized carbons (Fsp3) is 0.240. The zero-order valence-corrected chi connectivity index (χ0v) is 18.1. The number of furan rings is 1. The number of aromatic nitrogens is 1. The van der Waals surface area contributed by atoms with E-state index in [1.807, 2.05) is 19.9 Å². The maximum atomic E-state index is 13.0. The van der Waals surface area contributed by atoms with E-state index in [1.54, 1.807) is 61.8 Å². The number of rotatable bonds is 6. The standard InChI is InChI=1S/C25H24N2O5/c1-15(2)31-19-9-7-18(8-10-19)23(28)21-22(20-11-6-16(3)32-20)27(25(30)24(21)29)14-17-5-4-12-26-13-17/h4-13,15,22,28H,14H2,1-3H3/b23-21+/t22-/m0/s1. The first-order chi connectivity index (χ1) is 15.3. The lowest BCUT2D eigenvalue weighted by Crippen LogP contribution is -2.29. The van der Waals surface area contributed by atoms with Crippen molar-refractivity contribution in [1.82, 2.24) is 9.88 Å². The van der Waals surface area contributed by atoms with Crippen LogP contribution < -0.4 is 4.74 Å². The third kappa shape index (κ3) is 4.14. The monoisotopic (exact) mass is 432 g/mol. The van der Waals surface area contributed by atoms with E-state index in [0.29, 0.717) is 22.8 Å². The summed E-state index contributed by atoms with van der Waals surface area (Å²) in [7, 11) is 0. The zero-order valence-electron chi connectivity index (χ0n) is 18.1. The van der Waals surface area contributed by atoms with Crippen LogP contribution in [0.4, 0.5) is 0 Å². The first-order valence-electron chi connectivity index (χ1n) is 10.4. The molecule has 1 aliphatic rings. The Kier molecular flexibility index (Phi) is 5.81. The number of benzene rings is 1. The number of Topliss-reactive ketones (excluding diaryl/α,β-unsaturated/α-hetero) is 1. The van der Waals surface area contributed by atoms with Crippen LogP contribution in [-0.4, -0.2) is 32.8 Å². The topological polar surface area (TPSA) is 92.9 Å². The van der Waals surface area contributed by atoms with E-state index in [0.717, 1.165) is 5.56 Å². The highest BCUT2D eigenvalue weighted by Crippen LogP contribution is 2.41. The predicted molar refractivity (Wildman–Crippen MR) is 118 cm³/mol. The van der Waals surface area contributed by atoms with Crippen LogP contribution in [0.3, 0.4) is 0 Å². The maximum Gasteiger partial charge on any atom is 0.296 e. The van der Waals surface area contributed by atoms with Crippen molar-refractivity contribution >= 4 is 17.4 Å². The zero-order chi connectivity index (χ0) is 22.8. The van der Waals surface area contributed by atoms with E-state index in [-0.39, 0.29) is 24.0 Å². The van der Waals surface area contributed by atoms with Gasteiger partial charge in [0.1, 0.15) is 29.1 Å². The predicted octanol–water partition coefficient (Wildman–Crippen LogP) is 4.39. The van der Waals surface area contributed by atoms with Crippen molar-refractivity contribution < 1.29 is 23.8 Å². The molecule has 0 radical (unpaired) electrons. The summed E-state index contributed by atoms with van der Waals surface area (Å²) in [6, 6.07) is 13.0. The van der Waals surface area contributed by atoms with Crippen LogP contribution in [0.15, 0.2) is 70.9 Å². The Morgan fingerprint density at radius 1 is 1.16 bits per heavy atom. The van der Waals surface area contributed by atoms with Crippen molar-refractivity contribution in [3.05, 3.63) is 89.1 Å². The lowest BCUT2D eigenvalue weighted by molar-refractivity contribution is -0.140. The fourth-order valence-corrected chi connectivity index (χ4v) is 3.75. The summed E-state index contributed by atoms with van der Waals surface area (Å²) in [6.07, 6.45) is 3.28. The van der Waals surface area contributed by atoms with Crippen LogP contribution in [0.1, 0.15) is 42.5 Å². The molecule has 164 valence electrons. The summed E-state index contributed by atoms with van der Waals surface area (Å²) >= 11 is 0. The lowest BCUT2D eigenvalue weighted by atomic mass is 9.99. The van der Waals surface area contributed by atoms with E-state index in [4.69, 9.17) is 9.15 Å². The molecule has 7 nitrogen and oxygen atoms in total. The minimum absolute atomic E-state index is 0.00855. The van der Waals surface area contributed by atoms with Gasteiger partial charge in [-0.25, -0.2) is 0 Å². The molecule has 1 saturated heterocycles. The molecular weight excluding hydrogens is 408 g/mol. The Morgan fingerprint density at radius 3 is 2.50 bits per heavy atom. The molecule has 0 saturated carbocycles. The van der Waals surface area contributed by atoms with E-state index >= 15 is 0 Å². The third-order valence-electron chi connectivity index (χ3n) is 5.15. The summed E-state index contributed by atoms with van der Waals surface area (Å²) in [5.74, 6) is -0.0183. The number of nitrogens with zero attached hydrogens (tertiary/aromatic N) is 2. The van der Waals surface area contributed by atoms with Crippen LogP contribution >= 0.6 is 0 Å². The average Bonchev–Trinajstić information content (AvgIpc) is 3.30. The van der Waals surface area contributed by atoms with Gasteiger partial charge in [-0.1, -0.05) is 6.07 Å². The van der Waals surface area contributed by atoms with Gasteiger partial charge in [0.05, 0.1) is 11.7 Å². The second-order valence-electron chi connectivity index (χ2n) is 7.93. The van der Waals surface area contributed by atoms with Gasteiger partial charge in [0.2, 0.25) is 0 Å². The minimum atomic E-state index is -0.851. The molecule has 7 heteroatoms. The molecule has 32 heavy (non-hydrogen) atoms. The molecule has 1 aliphatic heterocycles. The molecular formula is C25H24N2O5. The smallest absolute Gasteiger partial charge is 0.296 e. The van der Waals surface area contributed by atoms with Crippen LogP contribution in [0.2, 0.25) is 0 Å². The molecule has 0 bridgehead atoms. The Morgan fingerprint density at radius 2 is 1.91 bits per heavy atom. The fourth-order valence-electron chi connectivity index (χ4n) is 3.75. The Labute approximate surface area is 186 Å². The molecule has 1 atom stereocenters. The lowest BCUT2D eigenvalue weighted by Gasteiger charge is -2.23. The van der Waals surface area contributed by atoms with Gasteiger partial charge in [-0.15, -0.1) is 0 Å². The molecule has 1 fully saturated rings. The maximum absolute atomic E-state index is 13.0. The SMILES string of the molecule is Cc1ccc([C@H]2/C(=C(\O)c3ccc(OC(C)C)cc3)C(=O)C(=O)N2Cc2cccnc2)o1. The molecule has 0 aliphatic carbocycles. The van der Waals surface area contributed by atoms with E-state index in [1.165, 1.54) is 4.90 Å². The number of ketones is 1. The molecule has 1 amide bonds. The Balaban J connectivity index is 1.78. The van der Waals surface area contributed by atoms with Gasteiger partial charge in [-0.05, 0) is 68.8 Å². The summed E-state index contributed by atoms with van der Waals surface area (Å²) < 4.78 is 11.4. The van der Waals surface area contributed by atoms with Crippen LogP contribution in [0.25, 0.3) is 5.76 Å². The second-order valence-corrected chi connectivity index (χ2v) is 7.93. The summed E-state index contributed by atoms with van der Waals surface area (Å²) in [6.45, 7) is 5.77. The molecule has 3 heterocycles. The van der Waals surface area contributed by atoms with Gasteiger partial charge < -0.3 is 19.2 Å². The summed E-state index contributed by atoms with van der Waals surface area (Å²) in [5, 5.41) is 11.1. The molecule has 2 aromatic heterocycles. The van der Waals surface area contributed by atoms with E-state index in [2.05, 4.69) is 4.98 Å². The van der Waals surface area contributed by atoms with E-state index < -0.39 is 17.7 Å². The van der Waals surface area contributed by atoms with Crippen molar-refractivity contribution in [3.8, 4) is 5.75 Å². The van der Waals surface area contributed by atoms with Crippen molar-refractivity contribution in [2.75, 3.05) is 0 Å². The number of hydrogen-bond acceptors (Lipinski definition) is 6. The van der Waals surface area contributed by atoms with Gasteiger partial charge in [-0.3, -0.25) is 14.6 Å². The van der Waals surface area contributed by atoms with Crippen molar-refractivity contribution in [2.24, 2.45) is 0 Å². The molecule has 0 spiro atoms. The van der Waals surface area contributed by atoms with Gasteiger partial charge in [0.15, 0.2) is 0 Å². The van der Waals surface area contributed by atoms with Crippen molar-refractivity contribution in [2.45, 2.75) is 39.5 Å². The number of amides is 1. The normalized spacial score (nSPS) is 17.9. The van der Waals surface area contributed by atoms with Crippen LogP contribution in [0, 0.1) is 6.92 Å². The van der Waals surface area contributed by atoms with E-state index in [9.17, 15) is 14.7 Å². The first-order valence-corrected chi connectivity index (χ1v) is 10.4. The van der Waals surface area contributed by atoms with Crippen molar-refractivity contribution in [1.29, 1.82) is 0 Å². The number of pyridine rings is 1. The number of aryl methyl sites for hydroxylation is 1. The Hall–Kier alpha value is -3.87. The van der Waals surface area contributed by atoms with Crippen LogP contribution in [0.5, 0.6) is 5.75 Å². The number of carbonyl (C=O) groups is 2.